The summed E-state index contributed by atoms with van der Waals surface area (Å²) in [7, 11) is 0. The third-order valence-electron chi connectivity index (χ3n) is 3.30. The summed E-state index contributed by atoms with van der Waals surface area (Å²) in [5.41, 5.74) is 5.81. The second kappa shape index (κ2) is 8.48. The van der Waals surface area contributed by atoms with Crippen LogP contribution >= 0.6 is 0 Å². The number of hydrogen-bond acceptors (Lipinski definition) is 3. The van der Waals surface area contributed by atoms with Crippen LogP contribution in [0.4, 0.5) is 0 Å². The number of carbonyl (C=O) groups is 1. The van der Waals surface area contributed by atoms with Gasteiger partial charge in [-0.15, -0.1) is 0 Å². The average molecular weight is 243 g/mol. The van der Waals surface area contributed by atoms with Crippen molar-refractivity contribution in [2.75, 3.05) is 26.2 Å². The van der Waals surface area contributed by atoms with E-state index >= 15 is 0 Å². The molecule has 0 aromatic rings. The lowest BCUT2D eigenvalue weighted by Crippen LogP contribution is -2.47. The maximum atomic E-state index is 12.1. The van der Waals surface area contributed by atoms with Crippen molar-refractivity contribution in [3.05, 3.63) is 0 Å². The summed E-state index contributed by atoms with van der Waals surface area (Å²) >= 11 is 0. The summed E-state index contributed by atoms with van der Waals surface area (Å²) in [6, 6.07) is 0.589. The lowest BCUT2D eigenvalue weighted by molar-refractivity contribution is -0.132. The van der Waals surface area contributed by atoms with E-state index in [0.717, 1.165) is 19.6 Å². The van der Waals surface area contributed by atoms with Crippen LogP contribution in [0.2, 0.25) is 0 Å². The molecule has 0 bridgehead atoms. The first-order chi connectivity index (χ1) is 8.01. The van der Waals surface area contributed by atoms with Crippen molar-refractivity contribution in [3.63, 3.8) is 0 Å². The molecule has 1 unspecified atom stereocenters. The average Bonchev–Trinajstić information content (AvgIpc) is 2.29. The molecule has 0 saturated heterocycles. The van der Waals surface area contributed by atoms with Crippen molar-refractivity contribution >= 4 is 5.91 Å². The Balaban J connectivity index is 4.52. The molecule has 4 heteroatoms. The van der Waals surface area contributed by atoms with E-state index in [1.165, 1.54) is 0 Å². The first kappa shape index (κ1) is 16.4. The van der Waals surface area contributed by atoms with Crippen LogP contribution < -0.4 is 5.73 Å². The minimum absolute atomic E-state index is 0.160. The van der Waals surface area contributed by atoms with Gasteiger partial charge >= 0.3 is 0 Å². The number of amides is 1. The number of rotatable bonds is 8. The Kier molecular flexibility index (Phi) is 8.17. The maximum Gasteiger partial charge on any atom is 0.224 e. The van der Waals surface area contributed by atoms with E-state index in [-0.39, 0.29) is 11.9 Å². The van der Waals surface area contributed by atoms with Crippen molar-refractivity contribution in [1.29, 1.82) is 0 Å². The Hall–Kier alpha value is -0.610. The topological polar surface area (TPSA) is 49.6 Å². The molecule has 0 rings (SSSR count). The Morgan fingerprint density at radius 1 is 1.12 bits per heavy atom. The van der Waals surface area contributed by atoms with Crippen molar-refractivity contribution in [1.82, 2.24) is 9.80 Å². The number of carbonyl (C=O) groups excluding carboxylic acids is 1. The summed E-state index contributed by atoms with van der Waals surface area (Å²) in [6.07, 6.45) is 0.532. The van der Waals surface area contributed by atoms with Gasteiger partial charge in [0.2, 0.25) is 5.91 Å². The van der Waals surface area contributed by atoms with Gasteiger partial charge in [0.05, 0.1) is 0 Å². The lowest BCUT2D eigenvalue weighted by atomic mass is 10.1. The number of likely N-dealkylation sites (N-methyl/N-ethyl adjacent to an activating group) is 1. The summed E-state index contributed by atoms with van der Waals surface area (Å²) < 4.78 is 0. The van der Waals surface area contributed by atoms with E-state index < -0.39 is 0 Å². The maximum absolute atomic E-state index is 12.1. The first-order valence-corrected chi connectivity index (χ1v) is 6.75. The van der Waals surface area contributed by atoms with E-state index in [4.69, 9.17) is 5.73 Å². The Morgan fingerprint density at radius 3 is 1.94 bits per heavy atom. The van der Waals surface area contributed by atoms with Crippen LogP contribution in [0.15, 0.2) is 0 Å². The fourth-order valence-electron chi connectivity index (χ4n) is 2.29. The first-order valence-electron chi connectivity index (χ1n) is 6.75. The molecular weight excluding hydrogens is 214 g/mol. The fourth-order valence-corrected chi connectivity index (χ4v) is 2.29. The molecule has 0 spiro atoms. The van der Waals surface area contributed by atoms with Gasteiger partial charge in [-0.1, -0.05) is 6.92 Å². The third-order valence-corrected chi connectivity index (χ3v) is 3.30. The summed E-state index contributed by atoms with van der Waals surface area (Å²) in [4.78, 5) is 16.2. The van der Waals surface area contributed by atoms with Gasteiger partial charge < -0.3 is 10.6 Å². The molecule has 0 aliphatic carbocycles. The Labute approximate surface area is 106 Å². The molecule has 0 aliphatic heterocycles. The predicted octanol–water partition coefficient (Wildman–Crippen LogP) is 1.30. The number of nitrogens with zero attached hydrogens (tertiary/aromatic N) is 2. The normalized spacial score (nSPS) is 13.2. The number of hydrogen-bond donors (Lipinski definition) is 1. The van der Waals surface area contributed by atoms with Crippen LogP contribution in [-0.4, -0.2) is 54.0 Å². The molecule has 2 N–H and O–H groups in total. The van der Waals surface area contributed by atoms with Gasteiger partial charge in [0.1, 0.15) is 0 Å². The second-order valence-corrected chi connectivity index (χ2v) is 4.58. The van der Waals surface area contributed by atoms with Crippen molar-refractivity contribution < 1.29 is 4.79 Å². The summed E-state index contributed by atoms with van der Waals surface area (Å²) in [5, 5.41) is 0. The van der Waals surface area contributed by atoms with Gasteiger partial charge in [0.15, 0.2) is 0 Å². The molecule has 0 radical (unpaired) electrons. The molecule has 102 valence electrons. The lowest BCUT2D eigenvalue weighted by Gasteiger charge is -2.34. The predicted molar refractivity (Wildman–Crippen MR) is 72.9 cm³/mol. The highest BCUT2D eigenvalue weighted by atomic mass is 16.2. The third kappa shape index (κ3) is 5.04. The van der Waals surface area contributed by atoms with Crippen LogP contribution in [0.5, 0.6) is 0 Å². The van der Waals surface area contributed by atoms with Gasteiger partial charge in [-0.2, -0.15) is 0 Å². The molecule has 0 fully saturated rings. The van der Waals surface area contributed by atoms with E-state index in [2.05, 4.69) is 25.7 Å². The van der Waals surface area contributed by atoms with Crippen LogP contribution in [0.25, 0.3) is 0 Å². The van der Waals surface area contributed by atoms with Gasteiger partial charge in [-0.25, -0.2) is 0 Å². The highest BCUT2D eigenvalue weighted by molar-refractivity contribution is 5.76. The van der Waals surface area contributed by atoms with Crippen LogP contribution in [-0.2, 0) is 4.79 Å². The molecule has 17 heavy (non-hydrogen) atoms. The van der Waals surface area contributed by atoms with Gasteiger partial charge in [-0.3, -0.25) is 9.69 Å². The zero-order valence-corrected chi connectivity index (χ0v) is 12.1. The molecule has 0 aromatic heterocycles. The smallest absolute Gasteiger partial charge is 0.224 e. The molecule has 1 amide bonds. The molecule has 0 saturated carbocycles. The van der Waals surface area contributed by atoms with Crippen molar-refractivity contribution in [3.8, 4) is 0 Å². The number of nitrogens with two attached hydrogens (primary N) is 1. The van der Waals surface area contributed by atoms with E-state index in [9.17, 15) is 4.79 Å². The van der Waals surface area contributed by atoms with Gasteiger partial charge in [0, 0.05) is 38.1 Å². The zero-order valence-electron chi connectivity index (χ0n) is 12.1. The Morgan fingerprint density at radius 2 is 1.65 bits per heavy atom. The fraction of sp³-hybridized carbons (Fsp3) is 0.923. The van der Waals surface area contributed by atoms with Crippen LogP contribution in [0.1, 0.15) is 41.0 Å². The highest BCUT2D eigenvalue weighted by Gasteiger charge is 2.23. The quantitative estimate of drug-likeness (QED) is 0.699. The SMILES string of the molecule is CCN(CC)C(=O)CC(CN)N(CC)C(C)C. The van der Waals surface area contributed by atoms with Gasteiger partial charge in [0.25, 0.3) is 0 Å². The summed E-state index contributed by atoms with van der Waals surface area (Å²) in [6.45, 7) is 13.5. The van der Waals surface area contributed by atoms with Gasteiger partial charge in [-0.05, 0) is 34.2 Å². The largest absolute Gasteiger partial charge is 0.343 e. The molecule has 0 aliphatic rings. The minimum Gasteiger partial charge on any atom is -0.343 e. The zero-order chi connectivity index (χ0) is 13.4. The molecule has 0 heterocycles. The van der Waals surface area contributed by atoms with E-state index in [0.29, 0.717) is 19.0 Å². The molecular formula is C13H29N3O. The summed E-state index contributed by atoms with van der Waals surface area (Å²) in [5.74, 6) is 0.213. The minimum atomic E-state index is 0.160. The van der Waals surface area contributed by atoms with Crippen LogP contribution in [0, 0.1) is 0 Å². The highest BCUT2D eigenvalue weighted by Crippen LogP contribution is 2.10. The Bertz CT molecular complexity index is 215. The van der Waals surface area contributed by atoms with E-state index in [1.807, 2.05) is 18.7 Å². The van der Waals surface area contributed by atoms with Crippen molar-refractivity contribution in [2.24, 2.45) is 5.73 Å². The van der Waals surface area contributed by atoms with Crippen LogP contribution in [0.3, 0.4) is 0 Å². The molecule has 0 aromatic carbocycles. The standard InChI is InChI=1S/C13H29N3O/c1-6-15(7-2)13(17)9-12(10-14)16(8-3)11(4)5/h11-12H,6-10,14H2,1-5H3. The monoisotopic (exact) mass is 243 g/mol. The second-order valence-electron chi connectivity index (χ2n) is 4.58. The molecule has 4 nitrogen and oxygen atoms in total. The molecule has 1 atom stereocenters. The van der Waals surface area contributed by atoms with E-state index in [1.54, 1.807) is 0 Å². The van der Waals surface area contributed by atoms with Crippen molar-refractivity contribution in [2.45, 2.75) is 53.1 Å².